The third-order valence-corrected chi connectivity index (χ3v) is 7.57. The Bertz CT molecular complexity index is 1100. The minimum atomic E-state index is -3.81. The smallest absolute Gasteiger partial charge is 0.264 e. The lowest BCUT2D eigenvalue weighted by Gasteiger charge is -2.21. The molecule has 152 valence electrons. The molecule has 7 nitrogen and oxygen atoms in total. The van der Waals surface area contributed by atoms with E-state index >= 15 is 0 Å². The van der Waals surface area contributed by atoms with Crippen molar-refractivity contribution in [3.05, 3.63) is 60.2 Å². The number of rotatable bonds is 7. The van der Waals surface area contributed by atoms with Crippen LogP contribution >= 0.6 is 23.1 Å². The fourth-order valence-electron chi connectivity index (χ4n) is 2.49. The first kappa shape index (κ1) is 21.3. The van der Waals surface area contributed by atoms with Crippen LogP contribution in [0.3, 0.4) is 0 Å². The van der Waals surface area contributed by atoms with E-state index in [9.17, 15) is 13.2 Å². The van der Waals surface area contributed by atoms with Gasteiger partial charge in [0.1, 0.15) is 0 Å². The van der Waals surface area contributed by atoms with Gasteiger partial charge in [0.15, 0.2) is 4.34 Å². The molecule has 1 N–H and O–H groups in total. The maximum absolute atomic E-state index is 12.9. The molecular formula is C19H20N4O3S3. The lowest BCUT2D eigenvalue weighted by atomic mass is 10.1. The third-order valence-electron chi connectivity index (χ3n) is 3.85. The summed E-state index contributed by atoms with van der Waals surface area (Å²) in [6, 6.07) is 14.6. The fraction of sp³-hybridized carbons (Fsp3) is 0.211. The summed E-state index contributed by atoms with van der Waals surface area (Å²) in [5.41, 5.74) is 0.498. The summed E-state index contributed by atoms with van der Waals surface area (Å²) in [7, 11) is -2.38. The normalized spacial score (nSPS) is 11.4. The lowest BCUT2D eigenvalue weighted by molar-refractivity contribution is 0.102. The number of carbonyl (C=O) groups is 1. The SMILES string of the molecule is CC(C)Sc1nnc(NC(=O)c2ccccc2N(C)S(=O)(=O)c2ccccc2)s1. The molecule has 0 aliphatic rings. The molecule has 0 saturated heterocycles. The molecule has 1 heterocycles. The van der Waals surface area contributed by atoms with Crippen molar-refractivity contribution in [2.75, 3.05) is 16.7 Å². The predicted octanol–water partition coefficient (Wildman–Crippen LogP) is 4.12. The van der Waals surface area contributed by atoms with Crippen LogP contribution in [-0.4, -0.2) is 36.8 Å². The van der Waals surface area contributed by atoms with Crippen LogP contribution in [0.2, 0.25) is 0 Å². The first-order chi connectivity index (χ1) is 13.8. The Labute approximate surface area is 178 Å². The van der Waals surface area contributed by atoms with Gasteiger partial charge in [-0.2, -0.15) is 0 Å². The number of para-hydroxylation sites is 1. The zero-order chi connectivity index (χ0) is 21.0. The van der Waals surface area contributed by atoms with Gasteiger partial charge in [0.05, 0.1) is 16.1 Å². The van der Waals surface area contributed by atoms with Gasteiger partial charge in [-0.1, -0.05) is 67.3 Å². The molecule has 3 aromatic rings. The lowest BCUT2D eigenvalue weighted by Crippen LogP contribution is -2.29. The molecule has 1 amide bonds. The van der Waals surface area contributed by atoms with Crippen molar-refractivity contribution >= 4 is 49.8 Å². The van der Waals surface area contributed by atoms with Crippen LogP contribution in [-0.2, 0) is 10.0 Å². The molecule has 0 atom stereocenters. The largest absolute Gasteiger partial charge is 0.296 e. The monoisotopic (exact) mass is 448 g/mol. The highest BCUT2D eigenvalue weighted by Crippen LogP contribution is 2.30. The van der Waals surface area contributed by atoms with E-state index in [1.807, 2.05) is 13.8 Å². The number of sulfonamides is 1. The zero-order valence-electron chi connectivity index (χ0n) is 16.1. The van der Waals surface area contributed by atoms with Crippen LogP contribution in [0.4, 0.5) is 10.8 Å². The summed E-state index contributed by atoms with van der Waals surface area (Å²) >= 11 is 2.84. The van der Waals surface area contributed by atoms with E-state index in [-0.39, 0.29) is 16.1 Å². The Kier molecular flexibility index (Phi) is 6.56. The second-order valence-corrected chi connectivity index (χ2v) is 11.1. The average Bonchev–Trinajstić information content (AvgIpc) is 3.14. The number of nitrogens with zero attached hydrogens (tertiary/aromatic N) is 3. The molecule has 2 aromatic carbocycles. The quantitative estimate of drug-likeness (QED) is 0.432. The van der Waals surface area contributed by atoms with Gasteiger partial charge >= 0.3 is 0 Å². The number of anilines is 2. The van der Waals surface area contributed by atoms with E-state index < -0.39 is 15.9 Å². The Balaban J connectivity index is 1.87. The minimum Gasteiger partial charge on any atom is -0.296 e. The number of nitrogens with one attached hydrogen (secondary N) is 1. The number of carbonyl (C=O) groups excluding carboxylic acids is 1. The number of amides is 1. The van der Waals surface area contributed by atoms with Crippen LogP contribution in [0.25, 0.3) is 0 Å². The second-order valence-electron chi connectivity index (χ2n) is 6.30. The molecule has 0 radical (unpaired) electrons. The van der Waals surface area contributed by atoms with Gasteiger partial charge in [-0.15, -0.1) is 10.2 Å². The number of aromatic nitrogens is 2. The highest BCUT2D eigenvalue weighted by Gasteiger charge is 2.25. The number of hydrogen-bond donors (Lipinski definition) is 1. The molecule has 0 fully saturated rings. The van der Waals surface area contributed by atoms with Gasteiger partial charge in [0.25, 0.3) is 15.9 Å². The van der Waals surface area contributed by atoms with E-state index in [0.717, 1.165) is 8.64 Å². The molecule has 0 spiro atoms. The standard InChI is InChI=1S/C19H20N4O3S3/c1-13(2)27-19-22-21-18(28-19)20-17(24)15-11-7-8-12-16(15)23(3)29(25,26)14-9-5-4-6-10-14/h4-13H,1-3H3,(H,20,21,24). The maximum atomic E-state index is 12.9. The fourth-order valence-corrected chi connectivity index (χ4v) is 5.70. The highest BCUT2D eigenvalue weighted by molar-refractivity contribution is 8.01. The maximum Gasteiger partial charge on any atom is 0.264 e. The van der Waals surface area contributed by atoms with Crippen molar-refractivity contribution in [1.82, 2.24) is 10.2 Å². The Hall–Kier alpha value is -2.43. The molecule has 0 aliphatic heterocycles. The van der Waals surface area contributed by atoms with E-state index in [4.69, 9.17) is 0 Å². The van der Waals surface area contributed by atoms with E-state index in [1.54, 1.807) is 54.2 Å². The number of benzene rings is 2. The molecule has 0 bridgehead atoms. The van der Waals surface area contributed by atoms with Gasteiger partial charge in [0, 0.05) is 12.3 Å². The molecular weight excluding hydrogens is 428 g/mol. The van der Waals surface area contributed by atoms with Crippen molar-refractivity contribution in [2.45, 2.75) is 28.3 Å². The summed E-state index contributed by atoms with van der Waals surface area (Å²) in [4.78, 5) is 13.0. The van der Waals surface area contributed by atoms with Crippen LogP contribution in [0.5, 0.6) is 0 Å². The van der Waals surface area contributed by atoms with Gasteiger partial charge in [0.2, 0.25) is 5.13 Å². The van der Waals surface area contributed by atoms with Crippen molar-refractivity contribution in [1.29, 1.82) is 0 Å². The molecule has 3 rings (SSSR count). The van der Waals surface area contributed by atoms with E-state index in [1.165, 1.54) is 30.5 Å². The molecule has 0 saturated carbocycles. The molecule has 0 unspecified atom stereocenters. The van der Waals surface area contributed by atoms with Crippen LogP contribution in [0, 0.1) is 0 Å². The van der Waals surface area contributed by atoms with E-state index in [2.05, 4.69) is 15.5 Å². The second kappa shape index (κ2) is 8.93. The van der Waals surface area contributed by atoms with Crippen molar-refractivity contribution < 1.29 is 13.2 Å². The summed E-state index contributed by atoms with van der Waals surface area (Å²) in [5, 5.41) is 11.5. The van der Waals surface area contributed by atoms with Crippen LogP contribution in [0.1, 0.15) is 24.2 Å². The summed E-state index contributed by atoms with van der Waals surface area (Å²) < 4.78 is 27.8. The predicted molar refractivity (Wildman–Crippen MR) is 117 cm³/mol. The molecule has 1 aromatic heterocycles. The summed E-state index contributed by atoms with van der Waals surface area (Å²) in [6.45, 7) is 4.09. The highest BCUT2D eigenvalue weighted by atomic mass is 32.2. The van der Waals surface area contributed by atoms with Gasteiger partial charge in [-0.25, -0.2) is 8.42 Å². The molecule has 29 heavy (non-hydrogen) atoms. The zero-order valence-corrected chi connectivity index (χ0v) is 18.5. The summed E-state index contributed by atoms with van der Waals surface area (Å²) in [5.74, 6) is -0.451. The minimum absolute atomic E-state index is 0.150. The molecule has 0 aliphatic carbocycles. The topological polar surface area (TPSA) is 92.3 Å². The van der Waals surface area contributed by atoms with Crippen LogP contribution < -0.4 is 9.62 Å². The van der Waals surface area contributed by atoms with Crippen molar-refractivity contribution in [2.24, 2.45) is 0 Å². The summed E-state index contributed by atoms with van der Waals surface area (Å²) in [6.07, 6.45) is 0. The Morgan fingerprint density at radius 1 is 1.07 bits per heavy atom. The molecule has 10 heteroatoms. The van der Waals surface area contributed by atoms with Crippen molar-refractivity contribution in [3.63, 3.8) is 0 Å². The Morgan fingerprint density at radius 3 is 2.41 bits per heavy atom. The average molecular weight is 449 g/mol. The van der Waals surface area contributed by atoms with Crippen LogP contribution in [0.15, 0.2) is 63.8 Å². The number of hydrogen-bond acceptors (Lipinski definition) is 7. The third kappa shape index (κ3) is 4.95. The Morgan fingerprint density at radius 2 is 1.72 bits per heavy atom. The van der Waals surface area contributed by atoms with Gasteiger partial charge in [-0.3, -0.25) is 14.4 Å². The number of thioether (sulfide) groups is 1. The van der Waals surface area contributed by atoms with Gasteiger partial charge < -0.3 is 0 Å². The first-order valence-corrected chi connectivity index (χ1v) is 11.9. The van der Waals surface area contributed by atoms with E-state index in [0.29, 0.717) is 10.4 Å². The van der Waals surface area contributed by atoms with Gasteiger partial charge in [-0.05, 0) is 24.3 Å². The first-order valence-electron chi connectivity index (χ1n) is 8.73. The van der Waals surface area contributed by atoms with Crippen molar-refractivity contribution in [3.8, 4) is 0 Å².